The summed E-state index contributed by atoms with van der Waals surface area (Å²) in [5.41, 5.74) is 1.56. The molecule has 1 saturated carbocycles. The number of amides is 2. The van der Waals surface area contributed by atoms with Crippen molar-refractivity contribution in [2.24, 2.45) is 0 Å². The molecule has 1 atom stereocenters. The van der Waals surface area contributed by atoms with E-state index in [0.29, 0.717) is 11.3 Å². The van der Waals surface area contributed by atoms with Gasteiger partial charge in [-0.25, -0.2) is 4.39 Å². The Kier molecular flexibility index (Phi) is 8.08. The van der Waals surface area contributed by atoms with Crippen LogP contribution in [-0.2, 0) is 11.3 Å². The molecule has 0 saturated heterocycles. The third-order valence-electron chi connectivity index (χ3n) is 6.33. The molecule has 1 N–H and O–H groups in total. The van der Waals surface area contributed by atoms with Crippen LogP contribution in [0.25, 0.3) is 0 Å². The largest absolute Gasteiger partial charge is 0.497 e. The third kappa shape index (κ3) is 6.23. The molecule has 0 aliphatic heterocycles. The molecule has 1 aromatic heterocycles. The van der Waals surface area contributed by atoms with Crippen LogP contribution in [0.2, 0.25) is 0 Å². The average molecular weight is 476 g/mol. The van der Waals surface area contributed by atoms with Crippen molar-refractivity contribution in [2.45, 2.75) is 50.7 Å². The topological polar surface area (TPSA) is 71.5 Å². The number of hydrogen-bond acceptors (Lipinski definition) is 4. The molecule has 7 heteroatoms. The molecule has 3 aromatic rings. The van der Waals surface area contributed by atoms with E-state index in [2.05, 4.69) is 10.3 Å². The molecule has 0 bridgehead atoms. The number of rotatable bonds is 8. The number of nitrogens with one attached hydrogen (secondary N) is 1. The van der Waals surface area contributed by atoms with E-state index in [0.717, 1.165) is 37.7 Å². The molecule has 6 nitrogen and oxygen atoms in total. The fourth-order valence-corrected chi connectivity index (χ4v) is 4.53. The van der Waals surface area contributed by atoms with Crippen LogP contribution < -0.4 is 10.1 Å². The Labute approximate surface area is 205 Å². The quantitative estimate of drug-likeness (QED) is 0.494. The number of nitrogens with zero attached hydrogens (tertiary/aromatic N) is 2. The fraction of sp³-hybridized carbons (Fsp3) is 0.321. The van der Waals surface area contributed by atoms with Gasteiger partial charge in [0.2, 0.25) is 5.91 Å². The molecule has 1 fully saturated rings. The van der Waals surface area contributed by atoms with Gasteiger partial charge in [0.25, 0.3) is 5.91 Å². The Morgan fingerprint density at radius 2 is 1.83 bits per heavy atom. The minimum Gasteiger partial charge on any atom is -0.497 e. The van der Waals surface area contributed by atoms with Gasteiger partial charge in [-0.3, -0.25) is 14.6 Å². The minimum atomic E-state index is -0.960. The Morgan fingerprint density at radius 1 is 1.06 bits per heavy atom. The Hall–Kier alpha value is -3.74. The van der Waals surface area contributed by atoms with Crippen molar-refractivity contribution in [1.29, 1.82) is 0 Å². The number of halogens is 1. The summed E-state index contributed by atoms with van der Waals surface area (Å²) in [6.07, 6.45) is 6.65. The zero-order valence-corrected chi connectivity index (χ0v) is 19.8. The first-order valence-corrected chi connectivity index (χ1v) is 12.0. The van der Waals surface area contributed by atoms with Crippen molar-refractivity contribution in [3.05, 3.63) is 95.6 Å². The van der Waals surface area contributed by atoms with Gasteiger partial charge in [0.05, 0.1) is 7.11 Å². The lowest BCUT2D eigenvalue weighted by Crippen LogP contribution is -2.47. The van der Waals surface area contributed by atoms with Crippen molar-refractivity contribution in [1.82, 2.24) is 15.2 Å². The second-order valence-electron chi connectivity index (χ2n) is 8.80. The summed E-state index contributed by atoms with van der Waals surface area (Å²) in [6.45, 7) is 0.146. The van der Waals surface area contributed by atoms with E-state index in [1.54, 1.807) is 43.6 Å². The van der Waals surface area contributed by atoms with Gasteiger partial charge in [0.1, 0.15) is 23.3 Å². The van der Waals surface area contributed by atoms with Crippen molar-refractivity contribution in [3.63, 3.8) is 0 Å². The molecule has 4 rings (SSSR count). The van der Waals surface area contributed by atoms with Gasteiger partial charge in [-0.1, -0.05) is 49.6 Å². The van der Waals surface area contributed by atoms with Gasteiger partial charge in [-0.15, -0.1) is 0 Å². The van der Waals surface area contributed by atoms with Crippen LogP contribution in [0.1, 0.15) is 59.8 Å². The summed E-state index contributed by atoms with van der Waals surface area (Å²) >= 11 is 0. The number of carbonyl (C=O) groups is 2. The SMILES string of the molecule is COc1cccc(CN(C(=O)c2ccccn2)C(C(=O)NC2CCCCC2)c2ccc(F)cc2)c1. The lowest BCUT2D eigenvalue weighted by molar-refractivity contribution is -0.127. The maximum absolute atomic E-state index is 13.8. The third-order valence-corrected chi connectivity index (χ3v) is 6.33. The van der Waals surface area contributed by atoms with Gasteiger partial charge in [0.15, 0.2) is 0 Å². The number of benzene rings is 2. The highest BCUT2D eigenvalue weighted by atomic mass is 19.1. The summed E-state index contributed by atoms with van der Waals surface area (Å²) in [5, 5.41) is 3.16. The first-order valence-electron chi connectivity index (χ1n) is 12.0. The van der Waals surface area contributed by atoms with Crippen molar-refractivity contribution in [2.75, 3.05) is 7.11 Å². The summed E-state index contributed by atoms with van der Waals surface area (Å²) in [4.78, 5) is 33.2. The van der Waals surface area contributed by atoms with Crippen LogP contribution in [0.15, 0.2) is 72.9 Å². The van der Waals surface area contributed by atoms with Gasteiger partial charge in [0, 0.05) is 18.8 Å². The molecule has 35 heavy (non-hydrogen) atoms. The number of pyridine rings is 1. The Balaban J connectivity index is 1.74. The number of carbonyl (C=O) groups excluding carboxylic acids is 2. The van der Waals surface area contributed by atoms with E-state index < -0.39 is 11.9 Å². The standard InChI is InChI=1S/C28H30FN3O3/c1-35-24-11-7-8-20(18-24)19-32(28(34)25-12-5-6-17-30-25)26(21-13-15-22(29)16-14-21)27(33)31-23-9-3-2-4-10-23/h5-8,11-18,23,26H,2-4,9-10,19H2,1H3,(H,31,33). The van der Waals surface area contributed by atoms with E-state index >= 15 is 0 Å². The molecule has 1 aliphatic carbocycles. The first-order chi connectivity index (χ1) is 17.0. The van der Waals surface area contributed by atoms with Gasteiger partial charge in [-0.2, -0.15) is 0 Å². The second kappa shape index (κ2) is 11.6. The smallest absolute Gasteiger partial charge is 0.273 e. The van der Waals surface area contributed by atoms with Gasteiger partial charge in [-0.05, 0) is 60.4 Å². The van der Waals surface area contributed by atoms with Crippen LogP contribution in [0, 0.1) is 5.82 Å². The van der Waals surface area contributed by atoms with Crippen LogP contribution in [-0.4, -0.2) is 34.8 Å². The summed E-state index contributed by atoms with van der Waals surface area (Å²) in [5.74, 6) is -0.425. The number of aromatic nitrogens is 1. The number of ether oxygens (including phenoxy) is 1. The predicted molar refractivity (Wildman–Crippen MR) is 131 cm³/mol. The summed E-state index contributed by atoms with van der Waals surface area (Å²) in [6, 6.07) is 17.3. The van der Waals surface area contributed by atoms with E-state index in [9.17, 15) is 14.0 Å². The molecule has 0 radical (unpaired) electrons. The molecule has 0 spiro atoms. The number of hydrogen-bond donors (Lipinski definition) is 1. The molecular weight excluding hydrogens is 445 g/mol. The predicted octanol–water partition coefficient (Wildman–Crippen LogP) is 5.06. The van der Waals surface area contributed by atoms with E-state index in [1.165, 1.54) is 17.0 Å². The minimum absolute atomic E-state index is 0.0582. The highest BCUT2D eigenvalue weighted by Crippen LogP contribution is 2.28. The number of methoxy groups -OCH3 is 1. The first kappa shape index (κ1) is 24.4. The average Bonchev–Trinajstić information content (AvgIpc) is 2.90. The summed E-state index contributed by atoms with van der Waals surface area (Å²) < 4.78 is 19.1. The molecule has 2 amide bonds. The van der Waals surface area contributed by atoms with Gasteiger partial charge < -0.3 is 15.0 Å². The van der Waals surface area contributed by atoms with Crippen LogP contribution in [0.3, 0.4) is 0 Å². The van der Waals surface area contributed by atoms with Crippen LogP contribution >= 0.6 is 0 Å². The molecule has 1 heterocycles. The molecule has 1 unspecified atom stereocenters. The van der Waals surface area contributed by atoms with Crippen LogP contribution in [0.4, 0.5) is 4.39 Å². The normalized spacial score (nSPS) is 14.7. The Bertz CT molecular complexity index is 1130. The molecular formula is C28H30FN3O3. The highest BCUT2D eigenvalue weighted by Gasteiger charge is 2.34. The van der Waals surface area contributed by atoms with E-state index in [1.807, 2.05) is 24.3 Å². The van der Waals surface area contributed by atoms with Crippen molar-refractivity contribution >= 4 is 11.8 Å². The maximum Gasteiger partial charge on any atom is 0.273 e. The van der Waals surface area contributed by atoms with Crippen molar-refractivity contribution < 1.29 is 18.7 Å². The van der Waals surface area contributed by atoms with E-state index in [4.69, 9.17) is 4.74 Å². The molecule has 1 aliphatic rings. The van der Waals surface area contributed by atoms with Gasteiger partial charge >= 0.3 is 0 Å². The lowest BCUT2D eigenvalue weighted by Gasteiger charge is -2.33. The van der Waals surface area contributed by atoms with Crippen molar-refractivity contribution in [3.8, 4) is 5.75 Å². The molecule has 2 aromatic carbocycles. The second-order valence-corrected chi connectivity index (χ2v) is 8.80. The molecule has 182 valence electrons. The zero-order chi connectivity index (χ0) is 24.6. The fourth-order valence-electron chi connectivity index (χ4n) is 4.53. The lowest BCUT2D eigenvalue weighted by atomic mass is 9.94. The highest BCUT2D eigenvalue weighted by molar-refractivity contribution is 5.96. The van der Waals surface area contributed by atoms with E-state index in [-0.39, 0.29) is 30.1 Å². The maximum atomic E-state index is 13.8. The monoisotopic (exact) mass is 475 g/mol. The van der Waals surface area contributed by atoms with Crippen LogP contribution in [0.5, 0.6) is 5.75 Å². The summed E-state index contributed by atoms with van der Waals surface area (Å²) in [7, 11) is 1.58. The zero-order valence-electron chi connectivity index (χ0n) is 19.8. The Morgan fingerprint density at radius 3 is 2.51 bits per heavy atom.